The summed E-state index contributed by atoms with van der Waals surface area (Å²) in [6, 6.07) is 0. The highest BCUT2D eigenvalue weighted by Gasteiger charge is 2.36. The van der Waals surface area contributed by atoms with E-state index in [-0.39, 0.29) is 5.97 Å². The van der Waals surface area contributed by atoms with Crippen LogP contribution >= 0.6 is 0 Å². The molecule has 0 bridgehead atoms. The molecule has 0 unspecified atom stereocenters. The van der Waals surface area contributed by atoms with Crippen molar-refractivity contribution in [2.75, 3.05) is 13.2 Å². The van der Waals surface area contributed by atoms with Gasteiger partial charge in [0.1, 0.15) is 0 Å². The van der Waals surface area contributed by atoms with Gasteiger partial charge in [0, 0.05) is 13.0 Å². The molecule has 0 aliphatic heterocycles. The number of ether oxygens (including phenoxy) is 1. The molecule has 0 aliphatic carbocycles. The number of esters is 1. The highest BCUT2D eigenvalue weighted by Crippen LogP contribution is 2.36. The normalized spacial score (nSPS) is 12.8. The first-order valence-corrected chi connectivity index (χ1v) is 12.6. The van der Waals surface area contributed by atoms with E-state index in [0.717, 1.165) is 38.7 Å². The van der Waals surface area contributed by atoms with Crippen LogP contribution in [0, 0.1) is 0 Å². The molecule has 0 aromatic heterocycles. The molecule has 0 saturated carbocycles. The Kier molecular flexibility index (Phi) is 12.4. The average Bonchev–Trinajstić information content (AvgIpc) is 2.47. The van der Waals surface area contributed by atoms with Crippen molar-refractivity contribution in [2.45, 2.75) is 97.2 Å². The maximum Gasteiger partial charge on any atom is 0.305 e. The van der Waals surface area contributed by atoms with Gasteiger partial charge in [0.25, 0.3) is 0 Å². The van der Waals surface area contributed by atoms with Gasteiger partial charge in [-0.3, -0.25) is 4.79 Å². The molecule has 3 nitrogen and oxygen atoms in total. The third-order valence-electron chi connectivity index (χ3n) is 4.76. The van der Waals surface area contributed by atoms with E-state index in [9.17, 15) is 4.79 Å². The molecule has 0 fully saturated rings. The van der Waals surface area contributed by atoms with Crippen molar-refractivity contribution in [3.8, 4) is 0 Å². The molecule has 4 heteroatoms. The van der Waals surface area contributed by atoms with Crippen molar-refractivity contribution in [3.05, 3.63) is 12.2 Å². The number of carbonyl (C=O) groups is 1. The van der Waals surface area contributed by atoms with Crippen LogP contribution in [0.25, 0.3) is 0 Å². The Morgan fingerprint density at radius 3 is 2.12 bits per heavy atom. The smallest absolute Gasteiger partial charge is 0.305 e. The molecule has 142 valence electrons. The summed E-state index contributed by atoms with van der Waals surface area (Å²) in [7, 11) is -1.57. The maximum atomic E-state index is 11.2. The summed E-state index contributed by atoms with van der Waals surface area (Å²) in [6.45, 7) is 14.7. The third kappa shape index (κ3) is 11.9. The molecule has 0 aliphatic rings. The van der Waals surface area contributed by atoms with Gasteiger partial charge in [0.05, 0.1) is 6.61 Å². The van der Waals surface area contributed by atoms with E-state index in [2.05, 4.69) is 46.0 Å². The Balaban J connectivity index is 3.47. The van der Waals surface area contributed by atoms with Crippen LogP contribution in [0.4, 0.5) is 0 Å². The molecule has 0 rings (SSSR count). The summed E-state index contributed by atoms with van der Waals surface area (Å²) in [5.41, 5.74) is 0. The van der Waals surface area contributed by atoms with Gasteiger partial charge in [0.15, 0.2) is 8.32 Å². The predicted molar refractivity (Wildman–Crippen MR) is 106 cm³/mol. The van der Waals surface area contributed by atoms with Gasteiger partial charge in [-0.15, -0.1) is 0 Å². The molecular formula is C20H40O3Si. The van der Waals surface area contributed by atoms with Crippen molar-refractivity contribution < 1.29 is 14.0 Å². The summed E-state index contributed by atoms with van der Waals surface area (Å²) < 4.78 is 11.1. The minimum atomic E-state index is -1.57. The highest BCUT2D eigenvalue weighted by atomic mass is 28.4. The van der Waals surface area contributed by atoms with Crippen LogP contribution in [0.3, 0.4) is 0 Å². The molecule has 0 N–H and O–H groups in total. The molecule has 0 aromatic rings. The van der Waals surface area contributed by atoms with E-state index in [0.29, 0.717) is 18.1 Å². The van der Waals surface area contributed by atoms with Gasteiger partial charge in [-0.25, -0.2) is 0 Å². The molecule has 0 spiro atoms. The zero-order valence-corrected chi connectivity index (χ0v) is 18.0. The maximum absolute atomic E-state index is 11.2. The lowest BCUT2D eigenvalue weighted by molar-refractivity contribution is -0.143. The Hall–Kier alpha value is -0.613. The van der Waals surface area contributed by atoms with E-state index in [1.54, 1.807) is 0 Å². The molecule has 0 aromatic carbocycles. The van der Waals surface area contributed by atoms with Crippen molar-refractivity contribution in [1.82, 2.24) is 0 Å². The van der Waals surface area contributed by atoms with E-state index < -0.39 is 8.32 Å². The van der Waals surface area contributed by atoms with Crippen molar-refractivity contribution in [3.63, 3.8) is 0 Å². The summed E-state index contributed by atoms with van der Waals surface area (Å²) in [5.74, 6) is -0.0580. The first kappa shape index (κ1) is 23.4. The minimum absolute atomic E-state index is 0.0580. The van der Waals surface area contributed by atoms with Crippen molar-refractivity contribution >= 4 is 14.3 Å². The van der Waals surface area contributed by atoms with Crippen LogP contribution in [0.1, 0.15) is 79.1 Å². The van der Waals surface area contributed by atoms with Crippen molar-refractivity contribution in [2.24, 2.45) is 0 Å². The molecule has 0 saturated heterocycles. The van der Waals surface area contributed by atoms with E-state index in [4.69, 9.17) is 9.16 Å². The second-order valence-corrected chi connectivity index (χ2v) is 12.8. The molecule has 0 atom stereocenters. The second-order valence-electron chi connectivity index (χ2n) is 7.98. The fourth-order valence-corrected chi connectivity index (χ4v) is 3.19. The Labute approximate surface area is 151 Å². The van der Waals surface area contributed by atoms with E-state index in [1.165, 1.54) is 12.8 Å². The summed E-state index contributed by atoms with van der Waals surface area (Å²) in [4.78, 5) is 11.2. The van der Waals surface area contributed by atoms with Crippen LogP contribution in [0.2, 0.25) is 18.1 Å². The highest BCUT2D eigenvalue weighted by molar-refractivity contribution is 6.74. The summed E-state index contributed by atoms with van der Waals surface area (Å²) in [6.07, 6.45) is 13.0. The quantitative estimate of drug-likeness (QED) is 0.169. The average molecular weight is 357 g/mol. The molecule has 0 radical (unpaired) electrons. The van der Waals surface area contributed by atoms with E-state index in [1.807, 2.05) is 6.92 Å². The van der Waals surface area contributed by atoms with Gasteiger partial charge in [-0.05, 0) is 57.2 Å². The van der Waals surface area contributed by atoms with Crippen LogP contribution in [0.5, 0.6) is 0 Å². The lowest BCUT2D eigenvalue weighted by Gasteiger charge is -2.36. The molecular weight excluding hydrogens is 316 g/mol. The van der Waals surface area contributed by atoms with Crippen LogP contribution in [-0.4, -0.2) is 27.5 Å². The SMILES string of the molecule is CCOC(=O)CCCCCC/C=C/CCCO[Si](C)(C)C(C)(C)C. The van der Waals surface area contributed by atoms with Crippen molar-refractivity contribution in [1.29, 1.82) is 0 Å². The van der Waals surface area contributed by atoms with Gasteiger partial charge in [-0.2, -0.15) is 0 Å². The summed E-state index contributed by atoms with van der Waals surface area (Å²) >= 11 is 0. The molecule has 24 heavy (non-hydrogen) atoms. The number of hydrogen-bond acceptors (Lipinski definition) is 3. The lowest BCUT2D eigenvalue weighted by atomic mass is 10.1. The van der Waals surface area contributed by atoms with Crippen LogP contribution < -0.4 is 0 Å². The van der Waals surface area contributed by atoms with Crippen LogP contribution in [0.15, 0.2) is 12.2 Å². The standard InChI is InChI=1S/C20H40O3Si/c1-7-22-19(21)17-15-13-11-9-8-10-12-14-16-18-23-24(5,6)20(2,3)4/h10,12H,7-9,11,13-18H2,1-6H3/b12-10+. The molecule has 0 amide bonds. The summed E-state index contributed by atoms with van der Waals surface area (Å²) in [5, 5.41) is 0.302. The van der Waals surface area contributed by atoms with Gasteiger partial charge < -0.3 is 9.16 Å². The Bertz CT molecular complexity index is 356. The monoisotopic (exact) mass is 356 g/mol. The fraction of sp³-hybridized carbons (Fsp3) is 0.850. The van der Waals surface area contributed by atoms with E-state index >= 15 is 0 Å². The number of rotatable bonds is 13. The zero-order valence-electron chi connectivity index (χ0n) is 17.0. The Morgan fingerprint density at radius 2 is 1.54 bits per heavy atom. The number of carbonyl (C=O) groups excluding carboxylic acids is 1. The van der Waals surface area contributed by atoms with Crippen LogP contribution in [-0.2, 0) is 14.0 Å². The number of allylic oxidation sites excluding steroid dienone is 2. The lowest BCUT2D eigenvalue weighted by Crippen LogP contribution is -2.40. The fourth-order valence-electron chi connectivity index (χ4n) is 2.10. The molecule has 0 heterocycles. The first-order chi connectivity index (χ1) is 11.2. The second kappa shape index (κ2) is 12.7. The third-order valence-corrected chi connectivity index (χ3v) is 9.30. The Morgan fingerprint density at radius 1 is 0.958 bits per heavy atom. The number of hydrogen-bond donors (Lipinski definition) is 0. The van der Waals surface area contributed by atoms with Gasteiger partial charge in [-0.1, -0.05) is 45.8 Å². The first-order valence-electron chi connectivity index (χ1n) is 9.65. The van der Waals surface area contributed by atoms with Gasteiger partial charge >= 0.3 is 5.97 Å². The minimum Gasteiger partial charge on any atom is -0.466 e. The zero-order chi connectivity index (χ0) is 18.5. The predicted octanol–water partition coefficient (Wildman–Crippen LogP) is 6.25. The van der Waals surface area contributed by atoms with Gasteiger partial charge in [0.2, 0.25) is 0 Å². The topological polar surface area (TPSA) is 35.5 Å². The largest absolute Gasteiger partial charge is 0.466 e. The number of unbranched alkanes of at least 4 members (excludes halogenated alkanes) is 5.